The molecule has 1 saturated carbocycles. The third kappa shape index (κ3) is 8.23. The highest BCUT2D eigenvalue weighted by atomic mass is 19.1. The Labute approximate surface area is 268 Å². The van der Waals surface area contributed by atoms with Crippen LogP contribution in [0.1, 0.15) is 94.3 Å². The molecule has 0 radical (unpaired) electrons. The molecule has 1 aromatic heterocycles. The molecule has 1 saturated heterocycles. The normalized spacial score (nSPS) is 17.3. The van der Waals surface area contributed by atoms with Gasteiger partial charge in [0.2, 0.25) is 0 Å². The fourth-order valence-electron chi connectivity index (χ4n) is 7.28. The molecule has 45 heavy (non-hydrogen) atoms. The summed E-state index contributed by atoms with van der Waals surface area (Å²) >= 11 is 0. The molecule has 0 bridgehead atoms. The number of ether oxygens (including phenoxy) is 2. The number of pyridine rings is 1. The Kier molecular flexibility index (Phi) is 10.5. The van der Waals surface area contributed by atoms with E-state index in [1.54, 1.807) is 12.1 Å². The van der Waals surface area contributed by atoms with E-state index in [9.17, 15) is 14.3 Å². The second-order valence-corrected chi connectivity index (χ2v) is 13.8. The number of carboxylic acid groups (broad SMARTS) is 1. The van der Waals surface area contributed by atoms with E-state index in [1.807, 2.05) is 58.9 Å². The summed E-state index contributed by atoms with van der Waals surface area (Å²) in [6.45, 7) is 11.8. The summed E-state index contributed by atoms with van der Waals surface area (Å²) in [4.78, 5) is 20.1. The maximum atomic E-state index is 13.2. The molecule has 1 aliphatic carbocycles. The highest BCUT2D eigenvalue weighted by Gasteiger charge is 2.36. The molecular weight excluding hydrogens is 567 g/mol. The van der Waals surface area contributed by atoms with Gasteiger partial charge in [-0.3, -0.25) is 4.98 Å². The number of aryl methyl sites for hydroxylation is 2. The van der Waals surface area contributed by atoms with E-state index in [1.165, 1.54) is 44.2 Å². The SMILES string of the molecule is Cc1nc(C)c([C@H](OC(C)(C)C)C(=O)O)c(N2CCC(C3CCCCC3)CC2)c1-c1ccc(OCCc2ccc(F)cc2)cc1. The largest absolute Gasteiger partial charge is 0.493 e. The van der Waals surface area contributed by atoms with Crippen molar-refractivity contribution in [1.82, 2.24) is 4.98 Å². The lowest BCUT2D eigenvalue weighted by atomic mass is 9.75. The molecule has 0 spiro atoms. The predicted octanol–water partition coefficient (Wildman–Crippen LogP) is 8.86. The van der Waals surface area contributed by atoms with E-state index in [2.05, 4.69) is 4.90 Å². The number of carbonyl (C=O) groups is 1. The van der Waals surface area contributed by atoms with E-state index < -0.39 is 17.7 Å². The van der Waals surface area contributed by atoms with Crippen LogP contribution >= 0.6 is 0 Å². The third-order valence-electron chi connectivity index (χ3n) is 9.42. The van der Waals surface area contributed by atoms with Crippen LogP contribution in [0.15, 0.2) is 48.5 Å². The van der Waals surface area contributed by atoms with E-state index in [4.69, 9.17) is 14.5 Å². The van der Waals surface area contributed by atoms with Crippen LogP contribution < -0.4 is 9.64 Å². The summed E-state index contributed by atoms with van der Waals surface area (Å²) < 4.78 is 25.5. The lowest BCUT2D eigenvalue weighted by Gasteiger charge is -2.41. The Morgan fingerprint density at radius 2 is 1.56 bits per heavy atom. The topological polar surface area (TPSA) is 71.9 Å². The maximum Gasteiger partial charge on any atom is 0.337 e. The van der Waals surface area contributed by atoms with E-state index in [-0.39, 0.29) is 5.82 Å². The van der Waals surface area contributed by atoms with Crippen LogP contribution in [0.5, 0.6) is 5.75 Å². The Bertz CT molecular complexity index is 1430. The first-order valence-electron chi connectivity index (χ1n) is 16.6. The van der Waals surface area contributed by atoms with Crippen molar-refractivity contribution in [2.45, 2.75) is 97.7 Å². The monoisotopic (exact) mass is 616 g/mol. The van der Waals surface area contributed by atoms with Crippen molar-refractivity contribution in [1.29, 1.82) is 0 Å². The molecule has 2 heterocycles. The lowest BCUT2D eigenvalue weighted by molar-refractivity contribution is -0.160. The van der Waals surface area contributed by atoms with Crippen LogP contribution in [0.4, 0.5) is 10.1 Å². The molecule has 2 aromatic carbocycles. The van der Waals surface area contributed by atoms with Crippen molar-refractivity contribution in [3.8, 4) is 16.9 Å². The van der Waals surface area contributed by atoms with E-state index in [0.29, 0.717) is 24.3 Å². The van der Waals surface area contributed by atoms with Crippen molar-refractivity contribution in [3.63, 3.8) is 0 Å². The van der Waals surface area contributed by atoms with Gasteiger partial charge in [-0.2, -0.15) is 0 Å². The number of anilines is 1. The number of rotatable bonds is 10. The molecular formula is C38H49FN2O4. The molecule has 6 nitrogen and oxygen atoms in total. The Hall–Kier alpha value is -3.45. The van der Waals surface area contributed by atoms with Crippen LogP contribution in [0.3, 0.4) is 0 Å². The van der Waals surface area contributed by atoms with Gasteiger partial charge < -0.3 is 19.5 Å². The summed E-state index contributed by atoms with van der Waals surface area (Å²) in [7, 11) is 0. The minimum absolute atomic E-state index is 0.244. The quantitative estimate of drug-likeness (QED) is 0.245. The van der Waals surface area contributed by atoms with Gasteiger partial charge in [0.15, 0.2) is 6.10 Å². The first-order valence-corrected chi connectivity index (χ1v) is 16.6. The zero-order chi connectivity index (χ0) is 32.1. The van der Waals surface area contributed by atoms with Crippen LogP contribution in [0.25, 0.3) is 11.1 Å². The van der Waals surface area contributed by atoms with Gasteiger partial charge in [-0.25, -0.2) is 9.18 Å². The number of aliphatic carboxylic acids is 1. The maximum absolute atomic E-state index is 13.2. The molecule has 1 atom stereocenters. The summed E-state index contributed by atoms with van der Waals surface area (Å²) in [5.41, 5.74) is 5.42. The average molecular weight is 617 g/mol. The molecule has 2 aliphatic rings. The van der Waals surface area contributed by atoms with Gasteiger partial charge in [0, 0.05) is 42.0 Å². The summed E-state index contributed by atoms with van der Waals surface area (Å²) in [5, 5.41) is 10.5. The van der Waals surface area contributed by atoms with E-state index >= 15 is 0 Å². The van der Waals surface area contributed by atoms with Gasteiger partial charge in [-0.1, -0.05) is 56.4 Å². The van der Waals surface area contributed by atoms with Crippen molar-refractivity contribution in [2.75, 3.05) is 24.6 Å². The van der Waals surface area contributed by atoms with Crippen molar-refractivity contribution in [2.24, 2.45) is 11.8 Å². The van der Waals surface area contributed by atoms with Crippen molar-refractivity contribution < 1.29 is 23.8 Å². The second kappa shape index (κ2) is 14.3. The minimum Gasteiger partial charge on any atom is -0.493 e. The van der Waals surface area contributed by atoms with Gasteiger partial charge in [-0.15, -0.1) is 0 Å². The number of carboxylic acids is 1. The molecule has 3 aromatic rings. The number of benzene rings is 2. The number of halogens is 1. The fraction of sp³-hybridized carbons (Fsp3) is 0.526. The molecule has 1 aliphatic heterocycles. The zero-order valence-electron chi connectivity index (χ0n) is 27.6. The molecule has 242 valence electrons. The number of hydrogen-bond donors (Lipinski definition) is 1. The molecule has 0 unspecified atom stereocenters. The molecule has 7 heteroatoms. The Morgan fingerprint density at radius 1 is 0.933 bits per heavy atom. The molecule has 0 amide bonds. The molecule has 2 fully saturated rings. The van der Waals surface area contributed by atoms with Crippen LogP contribution in [0, 0.1) is 31.5 Å². The van der Waals surface area contributed by atoms with Gasteiger partial charge in [0.1, 0.15) is 11.6 Å². The Balaban J connectivity index is 1.46. The van der Waals surface area contributed by atoms with Gasteiger partial charge in [0.25, 0.3) is 0 Å². The van der Waals surface area contributed by atoms with E-state index in [0.717, 1.165) is 71.6 Å². The predicted molar refractivity (Wildman–Crippen MR) is 177 cm³/mol. The lowest BCUT2D eigenvalue weighted by Crippen LogP contribution is -2.39. The number of hydrogen-bond acceptors (Lipinski definition) is 5. The first kappa shape index (κ1) is 32.9. The van der Waals surface area contributed by atoms with Crippen LogP contribution in [-0.4, -0.2) is 41.4 Å². The van der Waals surface area contributed by atoms with Crippen molar-refractivity contribution in [3.05, 3.63) is 76.9 Å². The summed E-state index contributed by atoms with van der Waals surface area (Å²) in [6, 6.07) is 14.5. The minimum atomic E-state index is -1.14. The van der Waals surface area contributed by atoms with Crippen LogP contribution in [0.2, 0.25) is 0 Å². The van der Waals surface area contributed by atoms with Crippen molar-refractivity contribution >= 4 is 11.7 Å². The zero-order valence-corrected chi connectivity index (χ0v) is 27.6. The second-order valence-electron chi connectivity index (χ2n) is 13.8. The van der Waals surface area contributed by atoms with Gasteiger partial charge in [-0.05, 0) is 94.7 Å². The number of piperidine rings is 1. The van der Waals surface area contributed by atoms with Crippen LogP contribution in [-0.2, 0) is 16.0 Å². The third-order valence-corrected chi connectivity index (χ3v) is 9.42. The highest BCUT2D eigenvalue weighted by molar-refractivity contribution is 5.88. The number of aromatic nitrogens is 1. The number of nitrogens with zero attached hydrogens (tertiary/aromatic N) is 2. The Morgan fingerprint density at radius 3 is 2.16 bits per heavy atom. The molecule has 5 rings (SSSR count). The fourth-order valence-corrected chi connectivity index (χ4v) is 7.28. The summed E-state index contributed by atoms with van der Waals surface area (Å²) in [5.74, 6) is 1.03. The smallest absolute Gasteiger partial charge is 0.337 e. The standard InChI is InChI=1S/C38H49FN2O4/c1-25-33(30-13-17-32(18-14-30)44-24-21-27-11-15-31(39)16-12-27)35(34(26(2)40-25)36(37(42)43)45-38(3,4)5)41-22-19-29(20-23-41)28-9-7-6-8-10-28/h11-18,28-29,36H,6-10,19-24H2,1-5H3,(H,42,43)/t36-/m0/s1. The van der Waals surface area contributed by atoms with Gasteiger partial charge in [0.05, 0.1) is 17.9 Å². The molecule has 1 N–H and O–H groups in total. The first-order chi connectivity index (χ1) is 21.5. The van der Waals surface area contributed by atoms with Gasteiger partial charge >= 0.3 is 5.97 Å². The summed E-state index contributed by atoms with van der Waals surface area (Å²) in [6.07, 6.45) is 8.50. The highest BCUT2D eigenvalue weighted by Crippen LogP contribution is 2.45. The average Bonchev–Trinajstić information content (AvgIpc) is 3.01.